The van der Waals surface area contributed by atoms with Gasteiger partial charge in [-0.1, -0.05) is 20.8 Å². The van der Waals surface area contributed by atoms with Crippen LogP contribution in [0.4, 0.5) is 5.82 Å². The highest BCUT2D eigenvalue weighted by Crippen LogP contribution is 2.31. The Kier molecular flexibility index (Phi) is 4.14. The third kappa shape index (κ3) is 2.92. The normalized spacial score (nSPS) is 11.0. The van der Waals surface area contributed by atoms with Crippen molar-refractivity contribution < 1.29 is 0 Å². The van der Waals surface area contributed by atoms with Crippen molar-refractivity contribution in [3.8, 4) is 11.3 Å². The second-order valence-corrected chi connectivity index (χ2v) is 4.97. The first-order valence-corrected chi connectivity index (χ1v) is 6.71. The summed E-state index contributed by atoms with van der Waals surface area (Å²) in [5, 5.41) is 7.60. The maximum Gasteiger partial charge on any atom is 0.133 e. The molecule has 1 N–H and O–H groups in total. The van der Waals surface area contributed by atoms with Crippen LogP contribution in [-0.4, -0.2) is 26.3 Å². The van der Waals surface area contributed by atoms with Crippen molar-refractivity contribution in [2.75, 3.05) is 11.9 Å². The molecule has 5 heteroatoms. The van der Waals surface area contributed by atoms with E-state index >= 15 is 0 Å². The van der Waals surface area contributed by atoms with Crippen molar-refractivity contribution >= 4 is 5.82 Å². The maximum absolute atomic E-state index is 4.45. The van der Waals surface area contributed by atoms with Gasteiger partial charge in [0, 0.05) is 30.9 Å². The number of aromatic nitrogens is 4. The summed E-state index contributed by atoms with van der Waals surface area (Å²) in [6.45, 7) is 7.39. The molecule has 0 radical (unpaired) electrons. The Morgan fingerprint density at radius 1 is 1.32 bits per heavy atom. The maximum atomic E-state index is 4.45. The molecule has 0 atom stereocenters. The van der Waals surface area contributed by atoms with E-state index in [-0.39, 0.29) is 0 Å². The number of anilines is 1. The Morgan fingerprint density at radius 2 is 2.11 bits per heavy atom. The van der Waals surface area contributed by atoms with Gasteiger partial charge < -0.3 is 5.32 Å². The molecule has 0 spiro atoms. The van der Waals surface area contributed by atoms with Crippen LogP contribution in [0.15, 0.2) is 18.7 Å². The second kappa shape index (κ2) is 5.82. The van der Waals surface area contributed by atoms with E-state index in [9.17, 15) is 0 Å². The predicted molar refractivity (Wildman–Crippen MR) is 77.1 cm³/mol. The van der Waals surface area contributed by atoms with Gasteiger partial charge in [-0.05, 0) is 12.3 Å². The number of aryl methyl sites for hydroxylation is 1. The molecule has 0 aliphatic heterocycles. The van der Waals surface area contributed by atoms with Crippen molar-refractivity contribution in [2.24, 2.45) is 7.05 Å². The van der Waals surface area contributed by atoms with Gasteiger partial charge in [0.15, 0.2) is 0 Å². The Bertz CT molecular complexity index is 545. The van der Waals surface area contributed by atoms with Gasteiger partial charge in [-0.3, -0.25) is 4.68 Å². The van der Waals surface area contributed by atoms with E-state index in [1.165, 1.54) is 0 Å². The lowest BCUT2D eigenvalue weighted by Gasteiger charge is -2.16. The summed E-state index contributed by atoms with van der Waals surface area (Å²) >= 11 is 0. The molecule has 2 rings (SSSR count). The molecule has 0 unspecified atom stereocenters. The van der Waals surface area contributed by atoms with Gasteiger partial charge in [0.2, 0.25) is 0 Å². The first-order valence-electron chi connectivity index (χ1n) is 6.71. The SMILES string of the molecule is CCCNc1ncnc(-c2cnn(C)c2)c1C(C)C. The molecule has 0 saturated carbocycles. The zero-order chi connectivity index (χ0) is 13.8. The minimum absolute atomic E-state index is 0.357. The summed E-state index contributed by atoms with van der Waals surface area (Å²) in [5.74, 6) is 1.29. The molecular weight excluding hydrogens is 238 g/mol. The standard InChI is InChI=1S/C14H21N5/c1-5-6-15-14-12(10(2)3)13(16-9-17-14)11-7-18-19(4)8-11/h7-10H,5-6H2,1-4H3,(H,15,16,17). The van der Waals surface area contributed by atoms with Crippen LogP contribution in [-0.2, 0) is 7.05 Å². The first kappa shape index (κ1) is 13.5. The number of hydrogen-bond acceptors (Lipinski definition) is 4. The summed E-state index contributed by atoms with van der Waals surface area (Å²) in [6.07, 6.45) is 6.52. The highest BCUT2D eigenvalue weighted by molar-refractivity contribution is 5.68. The summed E-state index contributed by atoms with van der Waals surface area (Å²) in [6, 6.07) is 0. The summed E-state index contributed by atoms with van der Waals surface area (Å²) < 4.78 is 1.79. The van der Waals surface area contributed by atoms with E-state index in [1.807, 2.05) is 19.4 Å². The Hall–Kier alpha value is -1.91. The van der Waals surface area contributed by atoms with Crippen LogP contribution in [0.3, 0.4) is 0 Å². The van der Waals surface area contributed by atoms with E-state index in [0.717, 1.165) is 35.6 Å². The summed E-state index contributed by atoms with van der Waals surface area (Å²) in [4.78, 5) is 8.83. The summed E-state index contributed by atoms with van der Waals surface area (Å²) in [7, 11) is 1.91. The molecule has 2 aromatic rings. The minimum Gasteiger partial charge on any atom is -0.370 e. The largest absolute Gasteiger partial charge is 0.370 e. The number of hydrogen-bond donors (Lipinski definition) is 1. The average Bonchev–Trinajstić information content (AvgIpc) is 2.82. The fourth-order valence-electron chi connectivity index (χ4n) is 2.10. The number of nitrogens with one attached hydrogen (secondary N) is 1. The lowest BCUT2D eigenvalue weighted by atomic mass is 9.99. The van der Waals surface area contributed by atoms with Crippen molar-refractivity contribution in [3.63, 3.8) is 0 Å². The van der Waals surface area contributed by atoms with Crippen molar-refractivity contribution in [1.82, 2.24) is 19.7 Å². The van der Waals surface area contributed by atoms with Gasteiger partial charge in [-0.25, -0.2) is 9.97 Å². The van der Waals surface area contributed by atoms with E-state index < -0.39 is 0 Å². The van der Waals surface area contributed by atoms with Crippen LogP contribution in [0.1, 0.15) is 38.7 Å². The second-order valence-electron chi connectivity index (χ2n) is 4.97. The fourth-order valence-corrected chi connectivity index (χ4v) is 2.10. The lowest BCUT2D eigenvalue weighted by molar-refractivity contribution is 0.768. The summed E-state index contributed by atoms with van der Waals surface area (Å²) in [5.41, 5.74) is 3.16. The van der Waals surface area contributed by atoms with Crippen molar-refractivity contribution in [3.05, 3.63) is 24.3 Å². The van der Waals surface area contributed by atoms with Crippen LogP contribution in [0.2, 0.25) is 0 Å². The molecule has 0 amide bonds. The molecule has 0 saturated heterocycles. The fraction of sp³-hybridized carbons (Fsp3) is 0.500. The molecule has 102 valence electrons. The third-order valence-electron chi connectivity index (χ3n) is 2.98. The van der Waals surface area contributed by atoms with Crippen molar-refractivity contribution in [1.29, 1.82) is 0 Å². The number of nitrogens with zero attached hydrogens (tertiary/aromatic N) is 4. The molecule has 2 heterocycles. The molecular formula is C14H21N5. The first-order chi connectivity index (χ1) is 9.13. The zero-order valence-electron chi connectivity index (χ0n) is 12.0. The molecule has 2 aromatic heterocycles. The highest BCUT2D eigenvalue weighted by Gasteiger charge is 2.16. The Morgan fingerprint density at radius 3 is 2.68 bits per heavy atom. The van der Waals surface area contributed by atoms with Gasteiger partial charge in [0.25, 0.3) is 0 Å². The monoisotopic (exact) mass is 259 g/mol. The highest BCUT2D eigenvalue weighted by atomic mass is 15.2. The smallest absolute Gasteiger partial charge is 0.133 e. The van der Waals surface area contributed by atoms with Gasteiger partial charge in [0.05, 0.1) is 11.9 Å². The number of rotatable bonds is 5. The van der Waals surface area contributed by atoms with Crippen LogP contribution in [0.5, 0.6) is 0 Å². The topological polar surface area (TPSA) is 55.6 Å². The molecule has 0 bridgehead atoms. The molecule has 0 aliphatic rings. The Labute approximate surface area is 114 Å². The van der Waals surface area contributed by atoms with Crippen LogP contribution in [0, 0.1) is 0 Å². The minimum atomic E-state index is 0.357. The van der Waals surface area contributed by atoms with Gasteiger partial charge >= 0.3 is 0 Å². The molecule has 0 fully saturated rings. The van der Waals surface area contributed by atoms with Gasteiger partial charge in [-0.15, -0.1) is 0 Å². The molecule has 0 aliphatic carbocycles. The van der Waals surface area contributed by atoms with Crippen LogP contribution < -0.4 is 5.32 Å². The predicted octanol–water partition coefficient (Wildman–Crippen LogP) is 2.82. The van der Waals surface area contributed by atoms with Gasteiger partial charge in [-0.2, -0.15) is 5.10 Å². The quantitative estimate of drug-likeness (QED) is 0.897. The van der Waals surface area contributed by atoms with E-state index in [4.69, 9.17) is 0 Å². The average molecular weight is 259 g/mol. The molecule has 5 nitrogen and oxygen atoms in total. The van der Waals surface area contributed by atoms with Crippen LogP contribution in [0.25, 0.3) is 11.3 Å². The van der Waals surface area contributed by atoms with Crippen LogP contribution >= 0.6 is 0 Å². The van der Waals surface area contributed by atoms with E-state index in [2.05, 4.69) is 41.2 Å². The third-order valence-corrected chi connectivity index (χ3v) is 2.98. The zero-order valence-corrected chi connectivity index (χ0v) is 12.0. The van der Waals surface area contributed by atoms with Crippen molar-refractivity contribution in [2.45, 2.75) is 33.1 Å². The Balaban J connectivity index is 2.48. The molecule has 19 heavy (non-hydrogen) atoms. The van der Waals surface area contributed by atoms with E-state index in [1.54, 1.807) is 11.0 Å². The van der Waals surface area contributed by atoms with E-state index in [0.29, 0.717) is 5.92 Å². The van der Waals surface area contributed by atoms with Gasteiger partial charge in [0.1, 0.15) is 12.1 Å². The molecule has 0 aromatic carbocycles. The lowest BCUT2D eigenvalue weighted by Crippen LogP contribution is -2.08.